The maximum absolute atomic E-state index is 10.8. The molecule has 0 bridgehead atoms. The summed E-state index contributed by atoms with van der Waals surface area (Å²) in [5, 5.41) is 0. The first-order chi connectivity index (χ1) is 5.87. The summed E-state index contributed by atoms with van der Waals surface area (Å²) >= 11 is 0. The molecule has 1 fully saturated rings. The highest BCUT2D eigenvalue weighted by molar-refractivity contribution is 7.86. The molecule has 2 unspecified atom stereocenters. The summed E-state index contributed by atoms with van der Waals surface area (Å²) < 4.78 is 32.1. The van der Waals surface area contributed by atoms with E-state index in [4.69, 9.17) is 8.92 Å². The van der Waals surface area contributed by atoms with E-state index in [9.17, 15) is 8.42 Å². The van der Waals surface area contributed by atoms with E-state index < -0.39 is 10.1 Å². The minimum Gasteiger partial charge on any atom is -0.375 e. The Morgan fingerprint density at radius 1 is 1.23 bits per heavy atom. The molecule has 0 aromatic carbocycles. The molecule has 2 atom stereocenters. The summed E-state index contributed by atoms with van der Waals surface area (Å²) in [7, 11) is -3.33. The van der Waals surface area contributed by atoms with Crippen molar-refractivity contribution >= 4 is 10.1 Å². The molecule has 0 aromatic heterocycles. The third-order valence-electron chi connectivity index (χ3n) is 1.97. The van der Waals surface area contributed by atoms with Gasteiger partial charge in [0.1, 0.15) is 0 Å². The second-order valence-corrected chi connectivity index (χ2v) is 5.25. The van der Waals surface area contributed by atoms with Crippen molar-refractivity contribution in [2.75, 3.05) is 6.26 Å². The Balaban J connectivity index is 2.51. The molecule has 4 nitrogen and oxygen atoms in total. The zero-order valence-corrected chi connectivity index (χ0v) is 9.00. The predicted octanol–water partition coefficient (Wildman–Crippen LogP) is 0.919. The van der Waals surface area contributed by atoms with E-state index in [-0.39, 0.29) is 18.3 Å². The Labute approximate surface area is 79.3 Å². The average molecular weight is 208 g/mol. The van der Waals surface area contributed by atoms with Crippen LogP contribution in [0.15, 0.2) is 0 Å². The lowest BCUT2D eigenvalue weighted by molar-refractivity contribution is -0.0704. The van der Waals surface area contributed by atoms with Crippen molar-refractivity contribution in [1.29, 1.82) is 0 Å². The van der Waals surface area contributed by atoms with Crippen LogP contribution in [0.4, 0.5) is 0 Å². The molecule has 13 heavy (non-hydrogen) atoms. The first kappa shape index (κ1) is 10.9. The maximum atomic E-state index is 10.8. The third kappa shape index (κ3) is 4.06. The van der Waals surface area contributed by atoms with Crippen molar-refractivity contribution in [2.24, 2.45) is 0 Å². The van der Waals surface area contributed by atoms with Gasteiger partial charge in [-0.05, 0) is 13.8 Å². The van der Waals surface area contributed by atoms with Crippen LogP contribution in [0, 0.1) is 0 Å². The Morgan fingerprint density at radius 3 is 2.08 bits per heavy atom. The van der Waals surface area contributed by atoms with Crippen molar-refractivity contribution in [2.45, 2.75) is 45.0 Å². The summed E-state index contributed by atoms with van der Waals surface area (Å²) in [4.78, 5) is 0. The molecule has 0 spiro atoms. The van der Waals surface area contributed by atoms with Crippen molar-refractivity contribution < 1.29 is 17.3 Å². The average Bonchev–Trinajstić information content (AvgIpc) is 1.78. The standard InChI is InChI=1S/C8H16O4S/c1-6-4-8(5-7(2)11-6)12-13(3,9)10/h6-8H,4-5H2,1-3H3. The fourth-order valence-electron chi connectivity index (χ4n) is 1.67. The molecule has 5 heteroatoms. The van der Waals surface area contributed by atoms with Crippen molar-refractivity contribution in [3.63, 3.8) is 0 Å². The van der Waals surface area contributed by atoms with E-state index >= 15 is 0 Å². The quantitative estimate of drug-likeness (QED) is 0.633. The normalized spacial score (nSPS) is 36.1. The van der Waals surface area contributed by atoms with Gasteiger partial charge < -0.3 is 4.74 Å². The molecule has 1 heterocycles. The molecule has 0 saturated carbocycles. The molecule has 78 valence electrons. The SMILES string of the molecule is CC1CC(OS(C)(=O)=O)CC(C)O1. The second-order valence-electron chi connectivity index (χ2n) is 3.65. The van der Waals surface area contributed by atoms with Gasteiger partial charge in [-0.15, -0.1) is 0 Å². The monoisotopic (exact) mass is 208 g/mol. The highest BCUT2D eigenvalue weighted by atomic mass is 32.2. The molecular weight excluding hydrogens is 192 g/mol. The molecule has 1 saturated heterocycles. The topological polar surface area (TPSA) is 52.6 Å². The summed E-state index contributed by atoms with van der Waals surface area (Å²) in [6.07, 6.45) is 2.33. The number of hydrogen-bond donors (Lipinski definition) is 0. The Morgan fingerprint density at radius 2 is 1.69 bits per heavy atom. The van der Waals surface area contributed by atoms with Crippen LogP contribution in [0.25, 0.3) is 0 Å². The number of ether oxygens (including phenoxy) is 1. The van der Waals surface area contributed by atoms with E-state index in [2.05, 4.69) is 0 Å². The van der Waals surface area contributed by atoms with E-state index in [0.29, 0.717) is 12.8 Å². The fraction of sp³-hybridized carbons (Fsp3) is 1.00. The van der Waals surface area contributed by atoms with Gasteiger partial charge in [-0.3, -0.25) is 4.18 Å². The van der Waals surface area contributed by atoms with Crippen LogP contribution in [-0.2, 0) is 19.0 Å². The predicted molar refractivity (Wildman–Crippen MR) is 49.0 cm³/mol. The smallest absolute Gasteiger partial charge is 0.264 e. The first-order valence-corrected chi connectivity index (χ1v) is 6.22. The molecule has 1 aliphatic rings. The zero-order valence-electron chi connectivity index (χ0n) is 8.19. The van der Waals surface area contributed by atoms with Crippen LogP contribution >= 0.6 is 0 Å². The van der Waals surface area contributed by atoms with Crippen LogP contribution in [0.3, 0.4) is 0 Å². The van der Waals surface area contributed by atoms with Gasteiger partial charge in [0.05, 0.1) is 24.6 Å². The van der Waals surface area contributed by atoms with E-state index in [1.165, 1.54) is 0 Å². The maximum Gasteiger partial charge on any atom is 0.264 e. The second kappa shape index (κ2) is 3.94. The molecule has 0 amide bonds. The van der Waals surface area contributed by atoms with Gasteiger partial charge in [0.2, 0.25) is 0 Å². The lowest BCUT2D eigenvalue weighted by Gasteiger charge is -2.30. The molecule has 1 rings (SSSR count). The third-order valence-corrected chi connectivity index (χ3v) is 2.59. The minimum absolute atomic E-state index is 0.0792. The highest BCUT2D eigenvalue weighted by Crippen LogP contribution is 2.22. The first-order valence-electron chi connectivity index (χ1n) is 4.40. The molecule has 0 radical (unpaired) electrons. The molecule has 0 N–H and O–H groups in total. The van der Waals surface area contributed by atoms with Crippen molar-refractivity contribution in [3.05, 3.63) is 0 Å². The van der Waals surface area contributed by atoms with Crippen LogP contribution in [0.1, 0.15) is 26.7 Å². The molecule has 0 aliphatic carbocycles. The summed E-state index contributed by atoms with van der Waals surface area (Å²) in [5.74, 6) is 0. The zero-order chi connectivity index (χ0) is 10.1. The molecule has 1 aliphatic heterocycles. The summed E-state index contributed by atoms with van der Waals surface area (Å²) in [6.45, 7) is 3.85. The van der Waals surface area contributed by atoms with Gasteiger partial charge in [0, 0.05) is 12.8 Å². The van der Waals surface area contributed by atoms with Crippen molar-refractivity contribution in [3.8, 4) is 0 Å². The molecular formula is C8H16O4S. The Kier molecular flexibility index (Phi) is 3.32. The van der Waals surface area contributed by atoms with Gasteiger partial charge in [-0.2, -0.15) is 8.42 Å². The van der Waals surface area contributed by atoms with Crippen molar-refractivity contribution in [1.82, 2.24) is 0 Å². The fourth-order valence-corrected chi connectivity index (χ4v) is 2.32. The summed E-state index contributed by atoms with van der Waals surface area (Å²) in [6, 6.07) is 0. The van der Waals surface area contributed by atoms with E-state index in [1.807, 2.05) is 13.8 Å². The summed E-state index contributed by atoms with van der Waals surface area (Å²) in [5.41, 5.74) is 0. The van der Waals surface area contributed by atoms with E-state index in [0.717, 1.165) is 6.26 Å². The number of rotatable bonds is 2. The van der Waals surface area contributed by atoms with Gasteiger partial charge in [-0.25, -0.2) is 0 Å². The van der Waals surface area contributed by atoms with Crippen LogP contribution < -0.4 is 0 Å². The van der Waals surface area contributed by atoms with Crippen LogP contribution in [-0.4, -0.2) is 33.0 Å². The lowest BCUT2D eigenvalue weighted by Crippen LogP contribution is -2.35. The highest BCUT2D eigenvalue weighted by Gasteiger charge is 2.27. The number of hydrogen-bond acceptors (Lipinski definition) is 4. The Bertz CT molecular complexity index is 249. The van der Waals surface area contributed by atoms with Crippen LogP contribution in [0.2, 0.25) is 0 Å². The minimum atomic E-state index is -3.33. The van der Waals surface area contributed by atoms with Gasteiger partial charge in [0.25, 0.3) is 10.1 Å². The van der Waals surface area contributed by atoms with E-state index in [1.54, 1.807) is 0 Å². The van der Waals surface area contributed by atoms with Gasteiger partial charge >= 0.3 is 0 Å². The Hall–Kier alpha value is -0.130. The lowest BCUT2D eigenvalue weighted by atomic mass is 10.0. The van der Waals surface area contributed by atoms with Gasteiger partial charge in [-0.1, -0.05) is 0 Å². The molecule has 0 aromatic rings. The van der Waals surface area contributed by atoms with Gasteiger partial charge in [0.15, 0.2) is 0 Å². The van der Waals surface area contributed by atoms with Crippen LogP contribution in [0.5, 0.6) is 0 Å². The largest absolute Gasteiger partial charge is 0.375 e.